The van der Waals surface area contributed by atoms with Gasteiger partial charge in [0.2, 0.25) is 0 Å². The minimum absolute atomic E-state index is 0.0309. The quantitative estimate of drug-likeness (QED) is 0.582. The SMILES string of the molecule is CC1(C)CC(n2c(=O)[nH]c3cnc(-c4cnn5ccncc45)nc32)CCO1. The Hall–Kier alpha value is -3.07. The molecule has 5 rings (SSSR count). The molecule has 1 N–H and O–H groups in total. The van der Waals surface area contributed by atoms with Crippen LogP contribution in [-0.2, 0) is 4.74 Å². The number of aromatic amines is 1. The smallest absolute Gasteiger partial charge is 0.327 e. The second-order valence-corrected chi connectivity index (χ2v) is 7.45. The Bertz CT molecular complexity index is 1200. The molecular formula is C18H19N7O2. The zero-order chi connectivity index (χ0) is 18.6. The molecule has 0 spiro atoms. The zero-order valence-corrected chi connectivity index (χ0v) is 15.1. The third-order valence-electron chi connectivity index (χ3n) is 5.06. The van der Waals surface area contributed by atoms with Gasteiger partial charge in [0, 0.05) is 25.0 Å². The van der Waals surface area contributed by atoms with Gasteiger partial charge in [-0.2, -0.15) is 5.10 Å². The van der Waals surface area contributed by atoms with Crippen LogP contribution >= 0.6 is 0 Å². The summed E-state index contributed by atoms with van der Waals surface area (Å²) >= 11 is 0. The molecule has 1 saturated heterocycles. The fourth-order valence-electron chi connectivity index (χ4n) is 3.81. The van der Waals surface area contributed by atoms with E-state index in [1.807, 2.05) is 13.8 Å². The van der Waals surface area contributed by atoms with Crippen molar-refractivity contribution in [3.05, 3.63) is 41.5 Å². The van der Waals surface area contributed by atoms with Crippen LogP contribution in [0.2, 0.25) is 0 Å². The maximum atomic E-state index is 12.6. The first kappa shape index (κ1) is 16.1. The van der Waals surface area contributed by atoms with E-state index in [2.05, 4.69) is 20.1 Å². The maximum absolute atomic E-state index is 12.6. The van der Waals surface area contributed by atoms with Crippen LogP contribution in [0.5, 0.6) is 0 Å². The predicted octanol–water partition coefficient (Wildman–Crippen LogP) is 1.96. The lowest BCUT2D eigenvalue weighted by Gasteiger charge is -2.35. The number of nitrogens with one attached hydrogen (secondary N) is 1. The number of hydrogen-bond donors (Lipinski definition) is 1. The molecule has 138 valence electrons. The van der Waals surface area contributed by atoms with Gasteiger partial charge in [-0.15, -0.1) is 0 Å². The van der Waals surface area contributed by atoms with E-state index in [0.29, 0.717) is 23.6 Å². The van der Waals surface area contributed by atoms with Crippen LogP contribution < -0.4 is 5.69 Å². The van der Waals surface area contributed by atoms with Crippen molar-refractivity contribution in [2.45, 2.75) is 38.3 Å². The summed E-state index contributed by atoms with van der Waals surface area (Å²) in [6.07, 6.45) is 10.1. The standard InChI is InChI=1S/C18H19N7O2/c1-18(2)7-11(3-6-27-18)25-16-13(22-17(25)26)9-20-15(23-16)12-8-21-24-5-4-19-10-14(12)24/h4-5,8-11H,3,6-7H2,1-2H3,(H,22,26). The molecule has 1 fully saturated rings. The highest BCUT2D eigenvalue weighted by molar-refractivity contribution is 5.79. The van der Waals surface area contributed by atoms with Gasteiger partial charge in [-0.25, -0.2) is 19.3 Å². The Morgan fingerprint density at radius 1 is 1.30 bits per heavy atom. The van der Waals surface area contributed by atoms with E-state index in [4.69, 9.17) is 9.72 Å². The first-order chi connectivity index (χ1) is 13.0. The zero-order valence-electron chi connectivity index (χ0n) is 15.1. The topological polar surface area (TPSA) is 103 Å². The number of nitrogens with zero attached hydrogens (tertiary/aromatic N) is 6. The molecule has 1 aliphatic heterocycles. The van der Waals surface area contributed by atoms with E-state index >= 15 is 0 Å². The summed E-state index contributed by atoms with van der Waals surface area (Å²) in [6.45, 7) is 4.71. The van der Waals surface area contributed by atoms with Crippen LogP contribution in [0.1, 0.15) is 32.7 Å². The third kappa shape index (κ3) is 2.62. The van der Waals surface area contributed by atoms with Crippen molar-refractivity contribution in [1.29, 1.82) is 0 Å². The summed E-state index contributed by atoms with van der Waals surface area (Å²) in [5.41, 5.74) is 2.39. The Balaban J connectivity index is 1.66. The van der Waals surface area contributed by atoms with Gasteiger partial charge in [0.15, 0.2) is 11.5 Å². The van der Waals surface area contributed by atoms with Crippen molar-refractivity contribution in [3.8, 4) is 11.4 Å². The molecule has 1 unspecified atom stereocenters. The fourth-order valence-corrected chi connectivity index (χ4v) is 3.81. The van der Waals surface area contributed by atoms with E-state index in [0.717, 1.165) is 23.9 Å². The number of hydrogen-bond acceptors (Lipinski definition) is 6. The Labute approximate surface area is 154 Å². The Kier molecular flexibility index (Phi) is 3.41. The van der Waals surface area contributed by atoms with Gasteiger partial charge in [0.25, 0.3) is 0 Å². The average Bonchev–Trinajstić information content (AvgIpc) is 3.20. The summed E-state index contributed by atoms with van der Waals surface area (Å²) in [5, 5.41) is 4.32. The van der Waals surface area contributed by atoms with Gasteiger partial charge in [0.05, 0.1) is 35.3 Å². The van der Waals surface area contributed by atoms with Crippen LogP contribution in [-0.4, -0.2) is 46.3 Å². The Morgan fingerprint density at radius 3 is 3.04 bits per heavy atom. The molecule has 0 amide bonds. The number of ether oxygens (including phenoxy) is 1. The highest BCUT2D eigenvalue weighted by Crippen LogP contribution is 2.32. The largest absolute Gasteiger partial charge is 0.375 e. The molecular weight excluding hydrogens is 346 g/mol. The fraction of sp³-hybridized carbons (Fsp3) is 0.389. The molecule has 5 heterocycles. The summed E-state index contributed by atoms with van der Waals surface area (Å²) in [6, 6.07) is 0.0309. The van der Waals surface area contributed by atoms with Gasteiger partial charge in [0.1, 0.15) is 5.52 Å². The molecule has 4 aromatic heterocycles. The second-order valence-electron chi connectivity index (χ2n) is 7.45. The lowest BCUT2D eigenvalue weighted by Crippen LogP contribution is -2.37. The molecule has 0 aliphatic carbocycles. The van der Waals surface area contributed by atoms with Crippen LogP contribution in [0, 0.1) is 0 Å². The summed E-state index contributed by atoms with van der Waals surface area (Å²) < 4.78 is 9.27. The van der Waals surface area contributed by atoms with E-state index in [1.165, 1.54) is 0 Å². The first-order valence-corrected chi connectivity index (χ1v) is 8.91. The van der Waals surface area contributed by atoms with E-state index in [9.17, 15) is 4.79 Å². The van der Waals surface area contributed by atoms with Crippen LogP contribution in [0.15, 0.2) is 35.8 Å². The van der Waals surface area contributed by atoms with Gasteiger partial charge in [-0.05, 0) is 26.7 Å². The van der Waals surface area contributed by atoms with Crippen molar-refractivity contribution >= 4 is 16.7 Å². The predicted molar refractivity (Wildman–Crippen MR) is 98.4 cm³/mol. The van der Waals surface area contributed by atoms with Gasteiger partial charge >= 0.3 is 5.69 Å². The van der Waals surface area contributed by atoms with Gasteiger partial charge in [-0.3, -0.25) is 9.55 Å². The summed E-state index contributed by atoms with van der Waals surface area (Å²) in [7, 11) is 0. The molecule has 0 bridgehead atoms. The minimum atomic E-state index is -0.268. The number of rotatable bonds is 2. The van der Waals surface area contributed by atoms with Crippen molar-refractivity contribution < 1.29 is 4.74 Å². The average molecular weight is 365 g/mol. The molecule has 1 aliphatic rings. The Morgan fingerprint density at radius 2 is 2.19 bits per heavy atom. The van der Waals surface area contributed by atoms with Crippen molar-refractivity contribution in [1.82, 2.24) is 34.1 Å². The lowest BCUT2D eigenvalue weighted by molar-refractivity contribution is -0.0689. The first-order valence-electron chi connectivity index (χ1n) is 8.91. The molecule has 9 nitrogen and oxygen atoms in total. The molecule has 0 aromatic carbocycles. The number of H-pyrrole nitrogens is 1. The highest BCUT2D eigenvalue weighted by Gasteiger charge is 2.32. The highest BCUT2D eigenvalue weighted by atomic mass is 16.5. The van der Waals surface area contributed by atoms with E-state index < -0.39 is 0 Å². The number of fused-ring (bicyclic) bond motifs is 2. The van der Waals surface area contributed by atoms with Crippen LogP contribution in [0.25, 0.3) is 28.1 Å². The monoisotopic (exact) mass is 365 g/mol. The third-order valence-corrected chi connectivity index (χ3v) is 5.06. The molecule has 9 heteroatoms. The van der Waals surface area contributed by atoms with E-state index in [1.54, 1.807) is 40.1 Å². The normalized spacial score (nSPS) is 19.7. The number of imidazole rings is 1. The number of aromatic nitrogens is 7. The molecule has 4 aromatic rings. The van der Waals surface area contributed by atoms with Gasteiger partial charge in [-0.1, -0.05) is 0 Å². The lowest BCUT2D eigenvalue weighted by atomic mass is 9.94. The molecule has 1 atom stereocenters. The van der Waals surface area contributed by atoms with Crippen molar-refractivity contribution in [3.63, 3.8) is 0 Å². The van der Waals surface area contributed by atoms with Crippen molar-refractivity contribution in [2.75, 3.05) is 6.61 Å². The van der Waals surface area contributed by atoms with Gasteiger partial charge < -0.3 is 9.72 Å². The summed E-state index contributed by atoms with van der Waals surface area (Å²) in [5.74, 6) is 0.518. The minimum Gasteiger partial charge on any atom is -0.375 e. The van der Waals surface area contributed by atoms with Crippen LogP contribution in [0.3, 0.4) is 0 Å². The molecule has 0 saturated carbocycles. The van der Waals surface area contributed by atoms with Crippen molar-refractivity contribution in [2.24, 2.45) is 0 Å². The summed E-state index contributed by atoms with van der Waals surface area (Å²) in [4.78, 5) is 28.8. The second kappa shape index (κ2) is 5.71. The van der Waals surface area contributed by atoms with Crippen LogP contribution in [0.4, 0.5) is 0 Å². The van der Waals surface area contributed by atoms with E-state index in [-0.39, 0.29) is 17.3 Å². The maximum Gasteiger partial charge on any atom is 0.327 e. The molecule has 0 radical (unpaired) electrons. The molecule has 27 heavy (non-hydrogen) atoms.